The van der Waals surface area contributed by atoms with Crippen LogP contribution in [-0.4, -0.2) is 43.9 Å². The fourth-order valence-corrected chi connectivity index (χ4v) is 2.97. The van der Waals surface area contributed by atoms with Crippen molar-refractivity contribution < 1.29 is 0 Å². The highest BCUT2D eigenvalue weighted by Crippen LogP contribution is 2.28. The average molecular weight is 309 g/mol. The van der Waals surface area contributed by atoms with Crippen LogP contribution in [0.25, 0.3) is 22.6 Å². The van der Waals surface area contributed by atoms with Gasteiger partial charge in [-0.1, -0.05) is 6.07 Å². The molecule has 4 heterocycles. The molecule has 1 saturated heterocycles. The molecule has 0 unspecified atom stereocenters. The molecule has 0 aromatic carbocycles. The number of hydrogen-bond donors (Lipinski definition) is 1. The molecule has 0 atom stereocenters. The minimum Gasteiger partial charge on any atom is -0.356 e. The molecule has 7 nitrogen and oxygen atoms in total. The van der Waals surface area contributed by atoms with Gasteiger partial charge in [-0.05, 0) is 25.0 Å². The van der Waals surface area contributed by atoms with Gasteiger partial charge < -0.3 is 10.6 Å². The van der Waals surface area contributed by atoms with E-state index in [0.717, 1.165) is 48.5 Å². The van der Waals surface area contributed by atoms with Crippen molar-refractivity contribution in [2.75, 3.05) is 18.0 Å². The lowest BCUT2D eigenvalue weighted by atomic mass is 10.1. The van der Waals surface area contributed by atoms with Crippen LogP contribution in [0, 0.1) is 0 Å². The maximum absolute atomic E-state index is 6.03. The highest BCUT2D eigenvalue weighted by molar-refractivity contribution is 5.88. The van der Waals surface area contributed by atoms with Gasteiger partial charge in [0.2, 0.25) is 0 Å². The van der Waals surface area contributed by atoms with Gasteiger partial charge in [0, 0.05) is 32.4 Å². The van der Waals surface area contributed by atoms with Crippen LogP contribution in [0.2, 0.25) is 0 Å². The van der Waals surface area contributed by atoms with Gasteiger partial charge in [-0.25, -0.2) is 9.97 Å². The molecule has 0 spiro atoms. The second-order valence-corrected chi connectivity index (χ2v) is 5.92. The van der Waals surface area contributed by atoms with Crippen molar-refractivity contribution in [3.8, 4) is 11.5 Å². The number of anilines is 1. The Labute approximate surface area is 134 Å². The quantitative estimate of drug-likeness (QED) is 0.769. The molecule has 0 bridgehead atoms. The number of aromatic nitrogens is 5. The van der Waals surface area contributed by atoms with Crippen molar-refractivity contribution in [2.45, 2.75) is 18.9 Å². The van der Waals surface area contributed by atoms with Crippen LogP contribution >= 0.6 is 0 Å². The summed E-state index contributed by atoms with van der Waals surface area (Å²) in [6, 6.07) is 6.04. The zero-order valence-electron chi connectivity index (χ0n) is 13.1. The Balaban J connectivity index is 1.85. The van der Waals surface area contributed by atoms with E-state index in [1.165, 1.54) is 0 Å². The third-order valence-corrected chi connectivity index (χ3v) is 4.31. The van der Waals surface area contributed by atoms with Gasteiger partial charge in [0.15, 0.2) is 11.5 Å². The van der Waals surface area contributed by atoms with Gasteiger partial charge in [0.05, 0.1) is 11.6 Å². The van der Waals surface area contributed by atoms with Crippen LogP contribution in [-0.2, 0) is 7.05 Å². The number of nitrogens with two attached hydrogens (primary N) is 1. The first-order valence-corrected chi connectivity index (χ1v) is 7.84. The maximum atomic E-state index is 6.03. The Bertz CT molecular complexity index is 819. The van der Waals surface area contributed by atoms with Gasteiger partial charge in [0.25, 0.3) is 0 Å². The summed E-state index contributed by atoms with van der Waals surface area (Å²) in [6.45, 7) is 1.81. The van der Waals surface area contributed by atoms with E-state index >= 15 is 0 Å². The first-order valence-electron chi connectivity index (χ1n) is 7.84. The van der Waals surface area contributed by atoms with E-state index in [-0.39, 0.29) is 6.04 Å². The molecule has 1 aliphatic rings. The number of hydrogen-bond acceptors (Lipinski definition) is 6. The fourth-order valence-electron chi connectivity index (χ4n) is 2.97. The van der Waals surface area contributed by atoms with Gasteiger partial charge >= 0.3 is 0 Å². The summed E-state index contributed by atoms with van der Waals surface area (Å²) in [4.78, 5) is 16.1. The lowest BCUT2D eigenvalue weighted by Crippen LogP contribution is -2.40. The predicted octanol–water partition coefficient (Wildman–Crippen LogP) is 1.35. The molecule has 23 heavy (non-hydrogen) atoms. The summed E-state index contributed by atoms with van der Waals surface area (Å²) in [7, 11) is 1.90. The molecule has 4 rings (SSSR count). The normalized spacial score (nSPS) is 16.2. The molecule has 2 N–H and O–H groups in total. The fraction of sp³-hybridized carbons (Fsp3) is 0.375. The van der Waals surface area contributed by atoms with E-state index in [0.29, 0.717) is 5.82 Å². The molecule has 1 fully saturated rings. The monoisotopic (exact) mass is 309 g/mol. The summed E-state index contributed by atoms with van der Waals surface area (Å²) < 4.78 is 1.78. The van der Waals surface area contributed by atoms with Crippen molar-refractivity contribution in [2.24, 2.45) is 12.8 Å². The molecular formula is C16H19N7. The smallest absolute Gasteiger partial charge is 0.182 e. The maximum Gasteiger partial charge on any atom is 0.182 e. The Morgan fingerprint density at radius 2 is 2.00 bits per heavy atom. The standard InChI is InChI=1S/C16H19N7/c1-22-15-12(10-19-22)16(23-8-5-11(17)6-9-23)21-14(20-15)13-4-2-3-7-18-13/h2-4,7,10-11H,5-6,8-9,17H2,1H3. The zero-order valence-corrected chi connectivity index (χ0v) is 13.1. The summed E-state index contributed by atoms with van der Waals surface area (Å²) in [5.41, 5.74) is 7.62. The van der Waals surface area contributed by atoms with Crippen LogP contribution < -0.4 is 10.6 Å². The lowest BCUT2D eigenvalue weighted by Gasteiger charge is -2.31. The Morgan fingerprint density at radius 3 is 2.74 bits per heavy atom. The number of pyridine rings is 1. The molecular weight excluding hydrogens is 290 g/mol. The van der Waals surface area contributed by atoms with Crippen molar-refractivity contribution >= 4 is 16.9 Å². The topological polar surface area (TPSA) is 85.8 Å². The second-order valence-electron chi connectivity index (χ2n) is 5.92. The number of fused-ring (bicyclic) bond motifs is 1. The minimum atomic E-state index is 0.285. The largest absolute Gasteiger partial charge is 0.356 e. The SMILES string of the molecule is Cn1ncc2c(N3CCC(N)CC3)nc(-c3ccccn3)nc21. The van der Waals surface area contributed by atoms with Crippen molar-refractivity contribution in [1.29, 1.82) is 0 Å². The molecule has 118 valence electrons. The molecule has 0 aliphatic carbocycles. The van der Waals surface area contributed by atoms with Gasteiger partial charge in [0.1, 0.15) is 11.5 Å². The highest BCUT2D eigenvalue weighted by Gasteiger charge is 2.22. The Kier molecular flexibility index (Phi) is 3.42. The third-order valence-electron chi connectivity index (χ3n) is 4.31. The van der Waals surface area contributed by atoms with E-state index in [1.54, 1.807) is 10.9 Å². The zero-order chi connectivity index (χ0) is 15.8. The van der Waals surface area contributed by atoms with Crippen molar-refractivity contribution in [3.05, 3.63) is 30.6 Å². The van der Waals surface area contributed by atoms with Gasteiger partial charge in [-0.15, -0.1) is 0 Å². The second kappa shape index (κ2) is 5.58. The van der Waals surface area contributed by atoms with Gasteiger partial charge in [-0.3, -0.25) is 9.67 Å². The molecule has 0 saturated carbocycles. The predicted molar refractivity (Wildman–Crippen MR) is 89.0 cm³/mol. The summed E-state index contributed by atoms with van der Waals surface area (Å²) in [5.74, 6) is 1.56. The summed E-state index contributed by atoms with van der Waals surface area (Å²) in [5, 5.41) is 5.32. The van der Waals surface area contributed by atoms with Gasteiger partial charge in [-0.2, -0.15) is 5.10 Å². The van der Waals surface area contributed by atoms with Crippen LogP contribution in [0.1, 0.15) is 12.8 Å². The van der Waals surface area contributed by atoms with Crippen molar-refractivity contribution in [1.82, 2.24) is 24.7 Å². The molecule has 3 aromatic rings. The van der Waals surface area contributed by atoms with E-state index in [2.05, 4.69) is 20.0 Å². The van der Waals surface area contributed by atoms with E-state index < -0.39 is 0 Å². The van der Waals surface area contributed by atoms with Crippen LogP contribution in [0.15, 0.2) is 30.6 Å². The number of rotatable bonds is 2. The van der Waals surface area contributed by atoms with Crippen molar-refractivity contribution in [3.63, 3.8) is 0 Å². The molecule has 3 aromatic heterocycles. The first kappa shape index (κ1) is 14.1. The third kappa shape index (κ3) is 2.53. The summed E-state index contributed by atoms with van der Waals surface area (Å²) >= 11 is 0. The lowest BCUT2D eigenvalue weighted by molar-refractivity contribution is 0.499. The van der Waals surface area contributed by atoms with E-state index in [1.807, 2.05) is 31.4 Å². The Hall–Kier alpha value is -2.54. The number of aryl methyl sites for hydroxylation is 1. The molecule has 0 radical (unpaired) electrons. The molecule has 0 amide bonds. The average Bonchev–Trinajstić information content (AvgIpc) is 2.97. The Morgan fingerprint density at radius 1 is 1.17 bits per heavy atom. The highest BCUT2D eigenvalue weighted by atomic mass is 15.3. The van der Waals surface area contributed by atoms with E-state index in [9.17, 15) is 0 Å². The summed E-state index contributed by atoms with van der Waals surface area (Å²) in [6.07, 6.45) is 5.54. The van der Waals surface area contributed by atoms with Crippen LogP contribution in [0.3, 0.4) is 0 Å². The first-order chi connectivity index (χ1) is 11.2. The number of nitrogens with zero attached hydrogens (tertiary/aromatic N) is 6. The number of piperidine rings is 1. The van der Waals surface area contributed by atoms with E-state index in [4.69, 9.17) is 10.7 Å². The minimum absolute atomic E-state index is 0.285. The molecule has 7 heteroatoms. The van der Waals surface area contributed by atoms with Crippen LogP contribution in [0.4, 0.5) is 5.82 Å². The molecule has 1 aliphatic heterocycles. The van der Waals surface area contributed by atoms with Crippen LogP contribution in [0.5, 0.6) is 0 Å².